The molecule has 2 fully saturated rings. The van der Waals surface area contributed by atoms with Crippen LogP contribution < -0.4 is 11.2 Å². The molecule has 3 heterocycles. The third kappa shape index (κ3) is 2.75. The van der Waals surface area contributed by atoms with Crippen molar-refractivity contribution in [3.8, 4) is 11.4 Å². The fourth-order valence-corrected chi connectivity index (χ4v) is 2.95. The number of nitrogens with one attached hydrogen (secondary N) is 1. The van der Waals surface area contributed by atoms with E-state index in [1.54, 1.807) is 4.68 Å². The number of aromatic nitrogens is 4. The van der Waals surface area contributed by atoms with Crippen molar-refractivity contribution in [1.29, 1.82) is 0 Å². The van der Waals surface area contributed by atoms with Crippen molar-refractivity contribution in [2.24, 2.45) is 10.8 Å². The third-order valence-electron chi connectivity index (χ3n) is 3.98. The van der Waals surface area contributed by atoms with Crippen LogP contribution in [-0.2, 0) is 9.47 Å². The molecule has 2 aliphatic rings. The van der Waals surface area contributed by atoms with E-state index in [9.17, 15) is 0 Å². The Morgan fingerprint density at radius 3 is 3.00 bits per heavy atom. The highest BCUT2D eigenvalue weighted by Gasteiger charge is 2.44. The number of tetrazole rings is 1. The van der Waals surface area contributed by atoms with Gasteiger partial charge >= 0.3 is 0 Å². The van der Waals surface area contributed by atoms with E-state index in [0.29, 0.717) is 24.6 Å². The zero-order valence-corrected chi connectivity index (χ0v) is 13.4. The largest absolute Gasteiger partial charge is 0.375 e. The predicted molar refractivity (Wildman–Crippen MR) is 88.9 cm³/mol. The summed E-state index contributed by atoms with van der Waals surface area (Å²) in [6.07, 6.45) is -0.0370. The molecule has 2 saturated heterocycles. The summed E-state index contributed by atoms with van der Waals surface area (Å²) in [5, 5.41) is 16.4. The van der Waals surface area contributed by atoms with Gasteiger partial charge in [0.15, 0.2) is 17.2 Å². The second kappa shape index (κ2) is 6.23. The Kier molecular flexibility index (Phi) is 3.92. The summed E-state index contributed by atoms with van der Waals surface area (Å²) in [7, 11) is 0. The molecule has 0 unspecified atom stereocenters. The Morgan fingerprint density at radius 1 is 1.38 bits per heavy atom. The first-order chi connectivity index (χ1) is 11.7. The molecule has 3 N–H and O–H groups in total. The zero-order chi connectivity index (χ0) is 16.5. The molecule has 1 aromatic heterocycles. The van der Waals surface area contributed by atoms with Gasteiger partial charge in [-0.3, -0.25) is 5.43 Å². The number of hydrogen-bond donors (Lipinski definition) is 2. The third-order valence-corrected chi connectivity index (χ3v) is 4.07. The first kappa shape index (κ1) is 15.1. The summed E-state index contributed by atoms with van der Waals surface area (Å²) >= 11 is 4.78. The van der Waals surface area contributed by atoms with Gasteiger partial charge in [-0.25, -0.2) is 4.68 Å². The van der Waals surface area contributed by atoms with Gasteiger partial charge in [-0.1, -0.05) is 30.3 Å². The highest BCUT2D eigenvalue weighted by atomic mass is 32.1. The fraction of sp³-hybridized carbons (Fsp3) is 0.357. The number of hydrogen-bond acceptors (Lipinski definition) is 7. The molecule has 2 bridgehead atoms. The maximum absolute atomic E-state index is 5.88. The number of rotatable bonds is 3. The van der Waals surface area contributed by atoms with Gasteiger partial charge < -0.3 is 15.2 Å². The standard InChI is InChI=1S/C14H15N7O2S/c15-14(24)18-16-9-6-10(11-7-22-13(9)23-11)21-12(17-19-20-21)8-4-2-1-3-5-8/h1-5,10-11,13H,6-7H2,(H3,15,18,24)/b16-9-/t10-,11+,13-/m0/s1. The number of ether oxygens (including phenoxy) is 2. The highest BCUT2D eigenvalue weighted by molar-refractivity contribution is 7.80. The lowest BCUT2D eigenvalue weighted by Gasteiger charge is -2.28. The molecule has 0 aliphatic carbocycles. The number of thiocarbonyl (C=S) groups is 1. The van der Waals surface area contributed by atoms with Crippen molar-refractivity contribution in [3.63, 3.8) is 0 Å². The molecule has 2 aliphatic heterocycles. The van der Waals surface area contributed by atoms with Crippen molar-refractivity contribution in [2.45, 2.75) is 24.9 Å². The van der Waals surface area contributed by atoms with E-state index in [0.717, 1.165) is 5.56 Å². The minimum atomic E-state index is -0.482. The Hall–Kier alpha value is -2.43. The number of nitrogens with two attached hydrogens (primary N) is 1. The Balaban J connectivity index is 1.66. The first-order valence-electron chi connectivity index (χ1n) is 7.44. The second-order valence-corrected chi connectivity index (χ2v) is 5.94. The molecule has 0 amide bonds. The van der Waals surface area contributed by atoms with Crippen LogP contribution in [0.4, 0.5) is 0 Å². The summed E-state index contributed by atoms with van der Waals surface area (Å²) in [5.74, 6) is 0.677. The lowest BCUT2D eigenvalue weighted by molar-refractivity contribution is -0.0320. The van der Waals surface area contributed by atoms with E-state index >= 15 is 0 Å². The van der Waals surface area contributed by atoms with E-state index in [-0.39, 0.29) is 17.3 Å². The summed E-state index contributed by atoms with van der Waals surface area (Å²) in [6, 6.07) is 9.63. The van der Waals surface area contributed by atoms with E-state index in [1.165, 1.54) is 0 Å². The van der Waals surface area contributed by atoms with Gasteiger partial charge in [0.05, 0.1) is 18.4 Å². The Morgan fingerprint density at radius 2 is 2.21 bits per heavy atom. The first-order valence-corrected chi connectivity index (χ1v) is 7.85. The minimum absolute atomic E-state index is 0.0894. The predicted octanol–water partition coefficient (Wildman–Crippen LogP) is 0.216. The van der Waals surface area contributed by atoms with Crippen LogP contribution in [-0.4, -0.2) is 50.0 Å². The van der Waals surface area contributed by atoms with Gasteiger partial charge in [0.2, 0.25) is 0 Å². The smallest absolute Gasteiger partial charge is 0.199 e. The van der Waals surface area contributed by atoms with Crippen molar-refractivity contribution >= 4 is 23.0 Å². The molecule has 3 atom stereocenters. The number of benzene rings is 1. The van der Waals surface area contributed by atoms with E-state index in [2.05, 4.69) is 26.1 Å². The van der Waals surface area contributed by atoms with E-state index in [1.807, 2.05) is 30.3 Å². The maximum atomic E-state index is 5.88. The van der Waals surface area contributed by atoms with Crippen LogP contribution in [0, 0.1) is 0 Å². The van der Waals surface area contributed by atoms with Gasteiger partial charge in [-0.05, 0) is 22.6 Å². The molecular formula is C14H15N7O2S. The number of nitrogens with zero attached hydrogens (tertiary/aromatic N) is 5. The molecule has 0 spiro atoms. The van der Waals surface area contributed by atoms with Crippen LogP contribution in [0.1, 0.15) is 12.5 Å². The quantitative estimate of drug-likeness (QED) is 0.600. The minimum Gasteiger partial charge on any atom is -0.375 e. The molecule has 0 radical (unpaired) electrons. The lowest BCUT2D eigenvalue weighted by atomic mass is 10.0. The summed E-state index contributed by atoms with van der Waals surface area (Å²) in [5.41, 5.74) is 9.63. The molecule has 1 aromatic carbocycles. The lowest BCUT2D eigenvalue weighted by Crippen LogP contribution is -2.39. The van der Waals surface area contributed by atoms with Gasteiger partial charge in [-0.2, -0.15) is 5.10 Å². The van der Waals surface area contributed by atoms with Crippen LogP contribution >= 0.6 is 12.2 Å². The molecule has 10 heteroatoms. The average molecular weight is 345 g/mol. The van der Waals surface area contributed by atoms with Crippen LogP contribution in [0.2, 0.25) is 0 Å². The zero-order valence-electron chi connectivity index (χ0n) is 12.6. The van der Waals surface area contributed by atoms with Gasteiger partial charge in [-0.15, -0.1) is 5.10 Å². The second-order valence-electron chi connectivity index (χ2n) is 5.50. The van der Waals surface area contributed by atoms with Crippen molar-refractivity contribution in [3.05, 3.63) is 30.3 Å². The maximum Gasteiger partial charge on any atom is 0.199 e. The van der Waals surface area contributed by atoms with Crippen molar-refractivity contribution < 1.29 is 9.47 Å². The molecule has 24 heavy (non-hydrogen) atoms. The van der Waals surface area contributed by atoms with Crippen LogP contribution in [0.15, 0.2) is 35.4 Å². The monoisotopic (exact) mass is 345 g/mol. The molecular weight excluding hydrogens is 330 g/mol. The van der Waals surface area contributed by atoms with Crippen LogP contribution in [0.5, 0.6) is 0 Å². The van der Waals surface area contributed by atoms with Crippen LogP contribution in [0.3, 0.4) is 0 Å². The van der Waals surface area contributed by atoms with E-state index < -0.39 is 6.29 Å². The highest BCUT2D eigenvalue weighted by Crippen LogP contribution is 2.34. The summed E-state index contributed by atoms with van der Waals surface area (Å²) in [6.45, 7) is 0.454. The SMILES string of the molecule is NC(=S)N/N=C1/C[C@H](n2nnnc2-c2ccccc2)[C@H]2CO[C@H]1O2. The van der Waals surface area contributed by atoms with Crippen molar-refractivity contribution in [2.75, 3.05) is 6.61 Å². The summed E-state index contributed by atoms with van der Waals surface area (Å²) < 4.78 is 13.3. The molecule has 124 valence electrons. The Bertz CT molecular complexity index is 778. The fourth-order valence-electron chi connectivity index (χ4n) is 2.90. The van der Waals surface area contributed by atoms with Gasteiger partial charge in [0, 0.05) is 12.0 Å². The van der Waals surface area contributed by atoms with E-state index in [4.69, 9.17) is 27.4 Å². The Labute approximate surface area is 142 Å². The summed E-state index contributed by atoms with van der Waals surface area (Å²) in [4.78, 5) is 0. The molecule has 2 aromatic rings. The number of hydrazone groups is 1. The number of fused-ring (bicyclic) bond motifs is 2. The van der Waals surface area contributed by atoms with Crippen molar-refractivity contribution in [1.82, 2.24) is 25.6 Å². The van der Waals surface area contributed by atoms with Gasteiger partial charge in [0.1, 0.15) is 6.10 Å². The normalized spacial score (nSPS) is 27.3. The van der Waals surface area contributed by atoms with Crippen LogP contribution in [0.25, 0.3) is 11.4 Å². The molecule has 4 rings (SSSR count). The molecule has 0 saturated carbocycles. The molecule has 9 nitrogen and oxygen atoms in total. The average Bonchev–Trinajstić information content (AvgIpc) is 3.23. The van der Waals surface area contributed by atoms with Gasteiger partial charge in [0.25, 0.3) is 0 Å². The topological polar surface area (TPSA) is 112 Å².